The topological polar surface area (TPSA) is 56.5 Å². The highest BCUT2D eigenvalue weighted by atomic mass is 19.1. The Hall–Kier alpha value is -2.44. The molecule has 0 spiro atoms. The largest absolute Gasteiger partial charge is 0.488 e. The first-order valence-corrected chi connectivity index (χ1v) is 9.30. The molecule has 0 amide bonds. The summed E-state index contributed by atoms with van der Waals surface area (Å²) in [6, 6.07) is 14.1. The van der Waals surface area contributed by atoms with Crippen LogP contribution in [0.3, 0.4) is 0 Å². The molecule has 0 saturated carbocycles. The highest BCUT2D eigenvalue weighted by Crippen LogP contribution is 2.29. The molecule has 27 heavy (non-hydrogen) atoms. The third-order valence-electron chi connectivity index (χ3n) is 4.93. The number of ether oxygens (including phenoxy) is 2. The molecule has 0 bridgehead atoms. The lowest BCUT2D eigenvalue weighted by Gasteiger charge is -2.23. The summed E-state index contributed by atoms with van der Waals surface area (Å²) in [5, 5.41) is 10.5. The smallest absolute Gasteiger partial charge is 0.165 e. The Balaban J connectivity index is 1.54. The second kappa shape index (κ2) is 8.06. The van der Waals surface area contributed by atoms with Gasteiger partial charge in [0.1, 0.15) is 18.5 Å². The molecule has 6 heteroatoms. The van der Waals surface area contributed by atoms with Gasteiger partial charge in [-0.05, 0) is 37.1 Å². The molecule has 1 unspecified atom stereocenters. The van der Waals surface area contributed by atoms with Gasteiger partial charge in [-0.15, -0.1) is 0 Å². The van der Waals surface area contributed by atoms with Crippen molar-refractivity contribution in [2.24, 2.45) is 0 Å². The van der Waals surface area contributed by atoms with Crippen LogP contribution >= 0.6 is 0 Å². The number of nitrogens with zero attached hydrogens (tertiary/aromatic N) is 2. The van der Waals surface area contributed by atoms with E-state index >= 15 is 0 Å². The number of fused-ring (bicyclic) bond motifs is 1. The lowest BCUT2D eigenvalue weighted by atomic mass is 9.99. The number of aliphatic hydroxyl groups excluding tert-OH is 1. The zero-order valence-electron chi connectivity index (χ0n) is 15.1. The molecular formula is C21H23FN2O3. The maximum Gasteiger partial charge on any atom is 0.165 e. The first kappa shape index (κ1) is 17.9. The van der Waals surface area contributed by atoms with E-state index in [2.05, 4.69) is 4.57 Å². The maximum atomic E-state index is 13.7. The molecule has 1 saturated heterocycles. The van der Waals surface area contributed by atoms with Crippen molar-refractivity contribution >= 4 is 11.0 Å². The summed E-state index contributed by atoms with van der Waals surface area (Å²) in [6.07, 6.45) is 1.07. The predicted octanol–water partition coefficient (Wildman–Crippen LogP) is 3.51. The molecule has 0 aliphatic carbocycles. The van der Waals surface area contributed by atoms with E-state index < -0.39 is 11.9 Å². The van der Waals surface area contributed by atoms with Gasteiger partial charge in [0.25, 0.3) is 0 Å². The van der Waals surface area contributed by atoms with Crippen molar-refractivity contribution < 1.29 is 19.0 Å². The zero-order chi connectivity index (χ0) is 18.6. The third kappa shape index (κ3) is 3.96. The van der Waals surface area contributed by atoms with Crippen LogP contribution in [0.5, 0.6) is 5.75 Å². The minimum absolute atomic E-state index is 0.0145. The van der Waals surface area contributed by atoms with Crippen LogP contribution in [0.4, 0.5) is 4.39 Å². The molecule has 1 aliphatic rings. The molecule has 4 rings (SSSR count). The fourth-order valence-electron chi connectivity index (χ4n) is 3.56. The lowest BCUT2D eigenvalue weighted by molar-refractivity contribution is 0.0775. The van der Waals surface area contributed by atoms with Crippen LogP contribution in [0.2, 0.25) is 0 Å². The van der Waals surface area contributed by atoms with Gasteiger partial charge in [0, 0.05) is 19.1 Å². The number of aromatic nitrogens is 2. The Morgan fingerprint density at radius 2 is 1.89 bits per heavy atom. The van der Waals surface area contributed by atoms with Crippen molar-refractivity contribution in [3.8, 4) is 5.75 Å². The summed E-state index contributed by atoms with van der Waals surface area (Å²) in [7, 11) is 0. The van der Waals surface area contributed by atoms with Crippen molar-refractivity contribution in [2.45, 2.75) is 31.4 Å². The monoisotopic (exact) mass is 370 g/mol. The van der Waals surface area contributed by atoms with E-state index in [0.29, 0.717) is 12.5 Å². The van der Waals surface area contributed by atoms with E-state index in [-0.39, 0.29) is 12.4 Å². The number of hydrogen-bond donors (Lipinski definition) is 1. The summed E-state index contributed by atoms with van der Waals surface area (Å²) >= 11 is 0. The third-order valence-corrected chi connectivity index (χ3v) is 4.93. The normalized spacial score (nSPS) is 16.5. The van der Waals surface area contributed by atoms with Gasteiger partial charge >= 0.3 is 0 Å². The highest BCUT2D eigenvalue weighted by molar-refractivity contribution is 5.76. The molecule has 1 fully saturated rings. The summed E-state index contributed by atoms with van der Waals surface area (Å²) in [5.74, 6) is 1.01. The van der Waals surface area contributed by atoms with Crippen LogP contribution in [-0.2, 0) is 11.3 Å². The Labute approximate surface area is 157 Å². The minimum atomic E-state index is -0.777. The Morgan fingerprint density at radius 1 is 1.15 bits per heavy atom. The van der Waals surface area contributed by atoms with Crippen LogP contribution in [0.25, 0.3) is 11.0 Å². The van der Waals surface area contributed by atoms with Crippen molar-refractivity contribution in [1.29, 1.82) is 0 Å². The van der Waals surface area contributed by atoms with Crippen molar-refractivity contribution in [3.05, 3.63) is 60.2 Å². The average Bonchev–Trinajstić information content (AvgIpc) is 3.06. The van der Waals surface area contributed by atoms with Crippen LogP contribution in [0.1, 0.15) is 24.6 Å². The number of rotatable bonds is 6. The van der Waals surface area contributed by atoms with Gasteiger partial charge in [-0.25, -0.2) is 9.37 Å². The van der Waals surface area contributed by atoms with E-state index in [9.17, 15) is 9.50 Å². The summed E-state index contributed by atoms with van der Waals surface area (Å²) in [5.41, 5.74) is 1.91. The molecule has 5 nitrogen and oxygen atoms in total. The molecule has 0 radical (unpaired) electrons. The minimum Gasteiger partial charge on any atom is -0.488 e. The highest BCUT2D eigenvalue weighted by Gasteiger charge is 2.24. The molecular weight excluding hydrogens is 347 g/mol. The second-order valence-electron chi connectivity index (χ2n) is 6.85. The maximum absolute atomic E-state index is 13.7. The lowest BCUT2D eigenvalue weighted by Crippen LogP contribution is -2.26. The van der Waals surface area contributed by atoms with Gasteiger partial charge in [0.05, 0.1) is 17.6 Å². The molecule has 1 aromatic heterocycles. The summed E-state index contributed by atoms with van der Waals surface area (Å²) < 4.78 is 26.7. The van der Waals surface area contributed by atoms with E-state index in [1.807, 2.05) is 24.3 Å². The zero-order valence-corrected chi connectivity index (χ0v) is 15.1. The van der Waals surface area contributed by atoms with Crippen LogP contribution in [0.15, 0.2) is 48.5 Å². The number of benzene rings is 2. The molecule has 1 atom stereocenters. The molecule has 2 heterocycles. The molecule has 1 aliphatic heterocycles. The average molecular weight is 370 g/mol. The van der Waals surface area contributed by atoms with E-state index in [1.165, 1.54) is 6.07 Å². The van der Waals surface area contributed by atoms with E-state index in [0.717, 1.165) is 42.9 Å². The molecule has 3 aromatic rings. The van der Waals surface area contributed by atoms with Gasteiger partial charge in [0.15, 0.2) is 11.6 Å². The first-order valence-electron chi connectivity index (χ1n) is 9.30. The standard InChI is InChI=1S/C21H23FN2O3/c22-17-5-1-4-8-20(17)27-14-16(25)13-24-19-7-3-2-6-18(19)23-21(24)15-9-11-26-12-10-15/h1-8,15-16,25H,9-14H2. The van der Waals surface area contributed by atoms with Gasteiger partial charge < -0.3 is 19.1 Å². The fourth-order valence-corrected chi connectivity index (χ4v) is 3.56. The van der Waals surface area contributed by atoms with Crippen molar-refractivity contribution in [2.75, 3.05) is 19.8 Å². The number of aliphatic hydroxyl groups is 1. The summed E-state index contributed by atoms with van der Waals surface area (Å²) in [6.45, 7) is 1.82. The number of halogens is 1. The fraction of sp³-hybridized carbons (Fsp3) is 0.381. The van der Waals surface area contributed by atoms with Gasteiger partial charge in [-0.1, -0.05) is 24.3 Å². The second-order valence-corrected chi connectivity index (χ2v) is 6.85. The van der Waals surface area contributed by atoms with Crippen LogP contribution < -0.4 is 4.74 Å². The van der Waals surface area contributed by atoms with Crippen molar-refractivity contribution in [1.82, 2.24) is 9.55 Å². The first-order chi connectivity index (χ1) is 13.2. The predicted molar refractivity (Wildman–Crippen MR) is 100 cm³/mol. The van der Waals surface area contributed by atoms with E-state index in [4.69, 9.17) is 14.5 Å². The van der Waals surface area contributed by atoms with Gasteiger partial charge in [-0.2, -0.15) is 0 Å². The quantitative estimate of drug-likeness (QED) is 0.721. The Kier molecular flexibility index (Phi) is 5.36. The molecule has 142 valence electrons. The summed E-state index contributed by atoms with van der Waals surface area (Å²) in [4.78, 5) is 4.82. The Morgan fingerprint density at radius 3 is 2.70 bits per heavy atom. The SMILES string of the molecule is OC(COc1ccccc1F)Cn1c(C2CCOCC2)nc2ccccc21. The van der Waals surface area contributed by atoms with Gasteiger partial charge in [0.2, 0.25) is 0 Å². The number of para-hydroxylation sites is 3. The Bertz CT molecular complexity index is 905. The number of imidazole rings is 1. The van der Waals surface area contributed by atoms with E-state index in [1.54, 1.807) is 18.2 Å². The molecule has 1 N–H and O–H groups in total. The number of hydrogen-bond acceptors (Lipinski definition) is 4. The van der Waals surface area contributed by atoms with Crippen LogP contribution in [0, 0.1) is 5.82 Å². The molecule has 2 aromatic carbocycles. The van der Waals surface area contributed by atoms with Crippen LogP contribution in [-0.4, -0.2) is 40.6 Å². The van der Waals surface area contributed by atoms with Gasteiger partial charge in [-0.3, -0.25) is 0 Å². The van der Waals surface area contributed by atoms with Crippen molar-refractivity contribution in [3.63, 3.8) is 0 Å².